The fourth-order valence-electron chi connectivity index (χ4n) is 1.47. The Morgan fingerprint density at radius 1 is 1.53 bits per heavy atom. The first-order valence-electron chi connectivity index (χ1n) is 5.54. The van der Waals surface area contributed by atoms with E-state index in [1.165, 1.54) is 24.1 Å². The summed E-state index contributed by atoms with van der Waals surface area (Å²) in [7, 11) is 1.43. The number of likely N-dealkylation sites (N-methyl/N-ethyl adjacent to an activating group) is 1. The molecule has 104 valence electrons. The van der Waals surface area contributed by atoms with Crippen LogP contribution in [0, 0.1) is 11.6 Å². The van der Waals surface area contributed by atoms with Crippen LogP contribution in [-0.4, -0.2) is 34.9 Å². The molecule has 3 N–H and O–H groups in total. The molecule has 1 aromatic carbocycles. The van der Waals surface area contributed by atoms with Crippen LogP contribution in [0.2, 0.25) is 0 Å². The summed E-state index contributed by atoms with van der Waals surface area (Å²) in [6.07, 6.45) is -0.302. The molecule has 1 unspecified atom stereocenters. The van der Waals surface area contributed by atoms with E-state index in [-0.39, 0.29) is 17.8 Å². The van der Waals surface area contributed by atoms with Crippen LogP contribution in [0.25, 0.3) is 0 Å². The van der Waals surface area contributed by atoms with Gasteiger partial charge in [-0.2, -0.15) is 0 Å². The standard InChI is InChI=1S/C12H15F2N3O2/c1-7(12(15)16-19)17(2)10(18)6-8-4-3-5-9(13)11(8)14/h3-5,7,19H,6H2,1-2H3,(H2,15,16). The number of amides is 1. The molecule has 0 fully saturated rings. The molecule has 0 radical (unpaired) electrons. The van der Waals surface area contributed by atoms with Gasteiger partial charge in [0.2, 0.25) is 5.91 Å². The molecule has 0 aliphatic rings. The average molecular weight is 271 g/mol. The number of oxime groups is 1. The van der Waals surface area contributed by atoms with Crippen LogP contribution >= 0.6 is 0 Å². The van der Waals surface area contributed by atoms with Crippen molar-refractivity contribution < 1.29 is 18.8 Å². The summed E-state index contributed by atoms with van der Waals surface area (Å²) in [6.45, 7) is 1.55. The van der Waals surface area contributed by atoms with Crippen LogP contribution in [0.5, 0.6) is 0 Å². The summed E-state index contributed by atoms with van der Waals surface area (Å²) in [4.78, 5) is 13.1. The molecule has 0 aliphatic heterocycles. The fraction of sp³-hybridized carbons (Fsp3) is 0.333. The van der Waals surface area contributed by atoms with E-state index in [2.05, 4.69) is 5.16 Å². The zero-order chi connectivity index (χ0) is 14.6. The maximum Gasteiger partial charge on any atom is 0.227 e. The van der Waals surface area contributed by atoms with Crippen molar-refractivity contribution in [2.45, 2.75) is 19.4 Å². The highest BCUT2D eigenvalue weighted by atomic mass is 19.2. The molecule has 1 rings (SSSR count). The lowest BCUT2D eigenvalue weighted by Crippen LogP contribution is -2.44. The highest BCUT2D eigenvalue weighted by Gasteiger charge is 2.21. The lowest BCUT2D eigenvalue weighted by molar-refractivity contribution is -0.129. The zero-order valence-electron chi connectivity index (χ0n) is 10.6. The van der Waals surface area contributed by atoms with Gasteiger partial charge in [0.05, 0.1) is 12.5 Å². The third kappa shape index (κ3) is 3.40. The predicted molar refractivity (Wildman–Crippen MR) is 65.7 cm³/mol. The molecule has 1 amide bonds. The van der Waals surface area contributed by atoms with Crippen molar-refractivity contribution in [2.75, 3.05) is 7.05 Å². The van der Waals surface area contributed by atoms with Crippen molar-refractivity contribution in [1.29, 1.82) is 0 Å². The number of amidine groups is 1. The lowest BCUT2D eigenvalue weighted by Gasteiger charge is -2.23. The van der Waals surface area contributed by atoms with E-state index in [9.17, 15) is 13.6 Å². The molecule has 0 saturated carbocycles. The van der Waals surface area contributed by atoms with Crippen LogP contribution in [-0.2, 0) is 11.2 Å². The van der Waals surface area contributed by atoms with E-state index in [1.54, 1.807) is 6.92 Å². The zero-order valence-corrected chi connectivity index (χ0v) is 10.6. The van der Waals surface area contributed by atoms with Gasteiger partial charge in [0.25, 0.3) is 0 Å². The van der Waals surface area contributed by atoms with Crippen LogP contribution < -0.4 is 5.73 Å². The van der Waals surface area contributed by atoms with Crippen LogP contribution in [0.4, 0.5) is 8.78 Å². The lowest BCUT2D eigenvalue weighted by atomic mass is 10.1. The summed E-state index contributed by atoms with van der Waals surface area (Å²) < 4.78 is 26.4. The minimum atomic E-state index is -1.04. The van der Waals surface area contributed by atoms with Gasteiger partial charge in [-0.3, -0.25) is 4.79 Å². The van der Waals surface area contributed by atoms with Crippen LogP contribution in [0.1, 0.15) is 12.5 Å². The van der Waals surface area contributed by atoms with Crippen molar-refractivity contribution in [3.63, 3.8) is 0 Å². The summed E-state index contributed by atoms with van der Waals surface area (Å²) in [5, 5.41) is 11.3. The Hall–Kier alpha value is -2.18. The van der Waals surface area contributed by atoms with Crippen LogP contribution in [0.15, 0.2) is 23.4 Å². The molecular weight excluding hydrogens is 256 g/mol. The number of nitrogens with zero attached hydrogens (tertiary/aromatic N) is 2. The number of carbonyl (C=O) groups excluding carboxylic acids is 1. The highest BCUT2D eigenvalue weighted by molar-refractivity contribution is 5.90. The second kappa shape index (κ2) is 6.12. The number of hydrogen-bond acceptors (Lipinski definition) is 3. The Kier molecular flexibility index (Phi) is 4.80. The first-order chi connectivity index (χ1) is 8.88. The molecule has 1 atom stereocenters. The molecule has 0 bridgehead atoms. The fourth-order valence-corrected chi connectivity index (χ4v) is 1.47. The third-order valence-corrected chi connectivity index (χ3v) is 2.89. The quantitative estimate of drug-likeness (QED) is 0.372. The molecule has 0 aliphatic carbocycles. The second-order valence-corrected chi connectivity index (χ2v) is 4.10. The molecule has 0 spiro atoms. The van der Waals surface area contributed by atoms with Crippen LogP contribution in [0.3, 0.4) is 0 Å². The summed E-state index contributed by atoms with van der Waals surface area (Å²) in [5.74, 6) is -2.66. The van der Waals surface area contributed by atoms with Gasteiger partial charge in [-0.1, -0.05) is 17.3 Å². The number of halogens is 2. The summed E-state index contributed by atoms with van der Waals surface area (Å²) in [5.41, 5.74) is 5.34. The first-order valence-corrected chi connectivity index (χ1v) is 5.54. The van der Waals surface area contributed by atoms with E-state index >= 15 is 0 Å². The van der Waals surface area contributed by atoms with Crippen molar-refractivity contribution in [3.8, 4) is 0 Å². The Morgan fingerprint density at radius 3 is 2.74 bits per heavy atom. The van der Waals surface area contributed by atoms with E-state index in [4.69, 9.17) is 10.9 Å². The van der Waals surface area contributed by atoms with Gasteiger partial charge in [0, 0.05) is 12.6 Å². The minimum absolute atomic E-state index is 0.0384. The molecule has 7 heteroatoms. The topological polar surface area (TPSA) is 78.9 Å². The van der Waals surface area contributed by atoms with Gasteiger partial charge in [-0.15, -0.1) is 0 Å². The summed E-state index contributed by atoms with van der Waals surface area (Å²) in [6, 6.07) is 2.99. The van der Waals surface area contributed by atoms with Crippen molar-refractivity contribution in [1.82, 2.24) is 4.90 Å². The number of carbonyl (C=O) groups is 1. The number of benzene rings is 1. The largest absolute Gasteiger partial charge is 0.409 e. The Labute approximate surface area is 109 Å². The third-order valence-electron chi connectivity index (χ3n) is 2.89. The van der Waals surface area contributed by atoms with Gasteiger partial charge in [-0.25, -0.2) is 8.78 Å². The summed E-state index contributed by atoms with van der Waals surface area (Å²) >= 11 is 0. The maximum absolute atomic E-state index is 13.4. The Morgan fingerprint density at radius 2 is 2.16 bits per heavy atom. The minimum Gasteiger partial charge on any atom is -0.409 e. The number of rotatable bonds is 4. The van der Waals surface area contributed by atoms with Crippen molar-refractivity contribution in [3.05, 3.63) is 35.4 Å². The predicted octanol–water partition coefficient (Wildman–Crippen LogP) is 1.10. The Bertz CT molecular complexity index is 506. The first kappa shape index (κ1) is 14.9. The molecular formula is C12H15F2N3O2. The Balaban J connectivity index is 2.83. The normalized spacial score (nSPS) is 13.2. The van der Waals surface area contributed by atoms with Crippen molar-refractivity contribution >= 4 is 11.7 Å². The number of nitrogens with two attached hydrogens (primary N) is 1. The SMILES string of the molecule is CC(C(N)=NO)N(C)C(=O)Cc1cccc(F)c1F. The van der Waals surface area contributed by atoms with E-state index in [0.29, 0.717) is 0 Å². The van der Waals surface area contributed by atoms with Gasteiger partial charge in [-0.05, 0) is 13.0 Å². The maximum atomic E-state index is 13.4. The smallest absolute Gasteiger partial charge is 0.227 e. The highest BCUT2D eigenvalue weighted by Crippen LogP contribution is 2.13. The van der Waals surface area contributed by atoms with Crippen molar-refractivity contribution in [2.24, 2.45) is 10.9 Å². The van der Waals surface area contributed by atoms with Gasteiger partial charge >= 0.3 is 0 Å². The monoisotopic (exact) mass is 271 g/mol. The van der Waals surface area contributed by atoms with E-state index in [0.717, 1.165) is 6.07 Å². The molecule has 5 nitrogen and oxygen atoms in total. The molecule has 19 heavy (non-hydrogen) atoms. The van der Waals surface area contributed by atoms with Gasteiger partial charge in [0.15, 0.2) is 17.5 Å². The second-order valence-electron chi connectivity index (χ2n) is 4.10. The molecule has 0 heterocycles. The average Bonchev–Trinajstić information content (AvgIpc) is 2.41. The van der Waals surface area contributed by atoms with Gasteiger partial charge < -0.3 is 15.8 Å². The molecule has 0 saturated heterocycles. The molecule has 0 aromatic heterocycles. The van der Waals surface area contributed by atoms with E-state index in [1.807, 2.05) is 0 Å². The molecule has 1 aromatic rings. The number of hydrogen-bond donors (Lipinski definition) is 2. The van der Waals surface area contributed by atoms with E-state index < -0.39 is 23.6 Å². The van der Waals surface area contributed by atoms with Gasteiger partial charge in [0.1, 0.15) is 0 Å².